The molecule has 0 unspecified atom stereocenters. The molecule has 5 aromatic rings. The predicted molar refractivity (Wildman–Crippen MR) is 138 cm³/mol. The summed E-state index contributed by atoms with van der Waals surface area (Å²) in [5.41, 5.74) is 1.75. The molecule has 0 amide bonds. The molecule has 38 heavy (non-hydrogen) atoms. The second-order valence-electron chi connectivity index (χ2n) is 8.20. The normalized spacial score (nSPS) is 11.1. The minimum absolute atomic E-state index is 0.0632. The molecule has 0 fully saturated rings. The largest absolute Gasteiger partial charge is 0.545 e. The van der Waals surface area contributed by atoms with E-state index in [1.165, 1.54) is 30.0 Å². The predicted octanol–water partition coefficient (Wildman–Crippen LogP) is 4.02. The Bertz CT molecular complexity index is 1600. The van der Waals surface area contributed by atoms with Crippen molar-refractivity contribution >= 4 is 28.8 Å². The summed E-state index contributed by atoms with van der Waals surface area (Å²) in [6.07, 6.45) is 0. The highest BCUT2D eigenvalue weighted by Crippen LogP contribution is 2.29. The fourth-order valence-electron chi connectivity index (χ4n) is 4.08. The summed E-state index contributed by atoms with van der Waals surface area (Å²) in [6.45, 7) is 2.68. The van der Waals surface area contributed by atoms with E-state index in [1.807, 2.05) is 11.5 Å². The third-order valence-electron chi connectivity index (χ3n) is 5.93. The zero-order chi connectivity index (χ0) is 26.6. The van der Waals surface area contributed by atoms with Crippen LogP contribution in [0.1, 0.15) is 28.9 Å². The molecule has 194 valence electrons. The van der Waals surface area contributed by atoms with Gasteiger partial charge in [0.2, 0.25) is 0 Å². The van der Waals surface area contributed by atoms with Crippen LogP contribution in [0, 0.1) is 5.82 Å². The van der Waals surface area contributed by atoms with Crippen LogP contribution < -0.4 is 14.6 Å². The lowest BCUT2D eigenvalue weighted by atomic mass is 10.2. The van der Waals surface area contributed by atoms with Gasteiger partial charge >= 0.3 is 0 Å². The summed E-state index contributed by atoms with van der Waals surface area (Å²) in [5.74, 6) is 1.19. The quantitative estimate of drug-likeness (QED) is 0.248. The number of aromatic nitrogens is 5. The number of carboxylic acid groups (broad SMARTS) is 1. The van der Waals surface area contributed by atoms with Crippen molar-refractivity contribution in [2.75, 3.05) is 7.11 Å². The zero-order valence-corrected chi connectivity index (χ0v) is 21.4. The van der Waals surface area contributed by atoms with Crippen LogP contribution in [-0.4, -0.2) is 37.4 Å². The van der Waals surface area contributed by atoms with Crippen molar-refractivity contribution in [3.05, 3.63) is 89.8 Å². The summed E-state index contributed by atoms with van der Waals surface area (Å²) < 4.78 is 29.6. The first-order valence-corrected chi connectivity index (χ1v) is 12.8. The van der Waals surface area contributed by atoms with Gasteiger partial charge in [0.05, 0.1) is 35.6 Å². The van der Waals surface area contributed by atoms with Crippen molar-refractivity contribution in [2.45, 2.75) is 31.0 Å². The van der Waals surface area contributed by atoms with Gasteiger partial charge in [-0.25, -0.2) is 9.37 Å². The maximum atomic E-state index is 14.9. The summed E-state index contributed by atoms with van der Waals surface area (Å²) in [6, 6.07) is 18.3. The number of methoxy groups -OCH3 is 1. The van der Waals surface area contributed by atoms with Crippen molar-refractivity contribution in [1.82, 2.24) is 24.3 Å². The minimum Gasteiger partial charge on any atom is -0.545 e. The number of carboxylic acids is 1. The Kier molecular flexibility index (Phi) is 7.27. The van der Waals surface area contributed by atoms with Gasteiger partial charge in [-0.3, -0.25) is 4.57 Å². The molecule has 0 aliphatic rings. The number of para-hydroxylation sites is 1. The molecule has 11 heteroatoms. The van der Waals surface area contributed by atoms with Crippen LogP contribution in [0.4, 0.5) is 4.39 Å². The van der Waals surface area contributed by atoms with E-state index in [9.17, 15) is 14.3 Å². The van der Waals surface area contributed by atoms with Crippen molar-refractivity contribution in [3.8, 4) is 17.2 Å². The number of carbonyl (C=O) groups excluding carboxylic acids is 1. The number of carbonyl (C=O) groups is 1. The van der Waals surface area contributed by atoms with Gasteiger partial charge in [0, 0.05) is 6.54 Å². The van der Waals surface area contributed by atoms with Crippen LogP contribution in [-0.2, 0) is 18.9 Å². The molecular formula is C27H23FN5O4S-. The number of nitrogens with zero attached hydrogens (tertiary/aromatic N) is 5. The van der Waals surface area contributed by atoms with Gasteiger partial charge in [-0.15, -0.1) is 10.2 Å². The van der Waals surface area contributed by atoms with Crippen molar-refractivity contribution in [1.29, 1.82) is 0 Å². The Balaban J connectivity index is 1.44. The molecule has 0 bridgehead atoms. The van der Waals surface area contributed by atoms with Crippen LogP contribution >= 0.6 is 11.8 Å². The van der Waals surface area contributed by atoms with Gasteiger partial charge < -0.3 is 23.9 Å². The molecule has 2 aromatic heterocycles. The highest BCUT2D eigenvalue weighted by atomic mass is 32.2. The van der Waals surface area contributed by atoms with Crippen LogP contribution in [0.5, 0.6) is 11.5 Å². The third-order valence-corrected chi connectivity index (χ3v) is 6.86. The average Bonchev–Trinajstić information content (AvgIpc) is 3.51. The molecule has 5 rings (SSSR count). The maximum absolute atomic E-state index is 14.9. The second kappa shape index (κ2) is 10.9. The van der Waals surface area contributed by atoms with E-state index < -0.39 is 11.8 Å². The molecule has 0 radical (unpaired) electrons. The van der Waals surface area contributed by atoms with E-state index >= 15 is 0 Å². The lowest BCUT2D eigenvalue weighted by Gasteiger charge is -2.12. The highest BCUT2D eigenvalue weighted by Gasteiger charge is 2.19. The van der Waals surface area contributed by atoms with Crippen LogP contribution in [0.25, 0.3) is 16.7 Å². The SMILES string of the molecule is CCn1c(CSc2nnc(COc3ccc(OC)cc3)n2-c2ccccc2F)nc2cc(C(=O)[O-])ccc21. The van der Waals surface area contributed by atoms with Crippen LogP contribution in [0.15, 0.2) is 71.9 Å². The Morgan fingerprint density at radius 1 is 1.03 bits per heavy atom. The number of aromatic carboxylic acids is 1. The molecule has 0 spiro atoms. The Labute approximate surface area is 221 Å². The number of ether oxygens (including phenoxy) is 2. The molecule has 2 heterocycles. The smallest absolute Gasteiger partial charge is 0.196 e. The zero-order valence-electron chi connectivity index (χ0n) is 20.6. The topological polar surface area (TPSA) is 107 Å². The van der Waals surface area contributed by atoms with E-state index in [-0.39, 0.29) is 12.2 Å². The monoisotopic (exact) mass is 532 g/mol. The van der Waals surface area contributed by atoms with Crippen LogP contribution in [0.2, 0.25) is 0 Å². The summed E-state index contributed by atoms with van der Waals surface area (Å²) in [4.78, 5) is 15.9. The first-order chi connectivity index (χ1) is 18.5. The Morgan fingerprint density at radius 2 is 1.79 bits per heavy atom. The number of hydrogen-bond acceptors (Lipinski definition) is 8. The van der Waals surface area contributed by atoms with E-state index in [1.54, 1.807) is 60.2 Å². The molecule has 0 saturated heterocycles. The number of benzene rings is 3. The van der Waals surface area contributed by atoms with E-state index in [4.69, 9.17) is 9.47 Å². The highest BCUT2D eigenvalue weighted by molar-refractivity contribution is 7.98. The number of fused-ring (bicyclic) bond motifs is 1. The Hall–Kier alpha value is -4.38. The third kappa shape index (κ3) is 5.05. The molecule has 0 N–H and O–H groups in total. The van der Waals surface area contributed by atoms with E-state index in [0.29, 0.717) is 46.0 Å². The first-order valence-electron chi connectivity index (χ1n) is 11.8. The van der Waals surface area contributed by atoms with Crippen molar-refractivity contribution < 1.29 is 23.8 Å². The number of imidazole rings is 1. The fourth-order valence-corrected chi connectivity index (χ4v) is 4.99. The second-order valence-corrected chi connectivity index (χ2v) is 9.14. The first kappa shape index (κ1) is 25.3. The van der Waals surface area contributed by atoms with Gasteiger partial charge in [-0.1, -0.05) is 30.0 Å². The van der Waals surface area contributed by atoms with E-state index in [0.717, 1.165) is 11.3 Å². The number of thioether (sulfide) groups is 1. The van der Waals surface area contributed by atoms with Gasteiger partial charge in [-0.05, 0) is 61.0 Å². The lowest BCUT2D eigenvalue weighted by Crippen LogP contribution is -2.21. The standard InChI is InChI=1S/C27H24FN5O4S/c1-3-32-23-13-8-17(26(34)35)14-21(23)29-25(32)16-38-27-31-30-24(33(27)22-7-5-4-6-20(22)28)15-37-19-11-9-18(36-2)10-12-19/h4-14H,3,15-16H2,1-2H3,(H,34,35)/p-1. The summed E-state index contributed by atoms with van der Waals surface area (Å²) in [7, 11) is 1.59. The number of rotatable bonds is 10. The van der Waals surface area contributed by atoms with Gasteiger partial charge in [-0.2, -0.15) is 0 Å². The number of aryl methyl sites for hydroxylation is 1. The number of hydrogen-bond donors (Lipinski definition) is 0. The molecule has 0 aliphatic heterocycles. The molecule has 3 aromatic carbocycles. The van der Waals surface area contributed by atoms with Crippen molar-refractivity contribution in [2.24, 2.45) is 0 Å². The average molecular weight is 533 g/mol. The molecular weight excluding hydrogens is 509 g/mol. The molecule has 9 nitrogen and oxygen atoms in total. The summed E-state index contributed by atoms with van der Waals surface area (Å²) >= 11 is 1.34. The Morgan fingerprint density at radius 3 is 2.50 bits per heavy atom. The minimum atomic E-state index is -1.25. The van der Waals surface area contributed by atoms with E-state index in [2.05, 4.69) is 15.2 Å². The molecule has 0 saturated carbocycles. The number of halogens is 1. The molecule has 0 atom stereocenters. The maximum Gasteiger partial charge on any atom is 0.196 e. The molecule has 0 aliphatic carbocycles. The van der Waals surface area contributed by atoms with Gasteiger partial charge in [0.1, 0.15) is 29.7 Å². The lowest BCUT2D eigenvalue weighted by molar-refractivity contribution is -0.255. The summed E-state index contributed by atoms with van der Waals surface area (Å²) in [5, 5.41) is 20.4. The van der Waals surface area contributed by atoms with Crippen molar-refractivity contribution in [3.63, 3.8) is 0 Å². The van der Waals surface area contributed by atoms with Gasteiger partial charge in [0.15, 0.2) is 11.0 Å². The van der Waals surface area contributed by atoms with Gasteiger partial charge in [0.25, 0.3) is 0 Å². The van der Waals surface area contributed by atoms with Crippen LogP contribution in [0.3, 0.4) is 0 Å². The fraction of sp³-hybridized carbons (Fsp3) is 0.185.